The predicted octanol–water partition coefficient (Wildman–Crippen LogP) is 3.68. The Balaban J connectivity index is 1.72. The van der Waals surface area contributed by atoms with Crippen molar-refractivity contribution in [1.29, 1.82) is 0 Å². The Morgan fingerprint density at radius 2 is 0.875 bits per heavy atom. The van der Waals surface area contributed by atoms with Gasteiger partial charge in [-0.15, -0.1) is 0 Å². The van der Waals surface area contributed by atoms with Gasteiger partial charge in [0.15, 0.2) is 0 Å². The van der Waals surface area contributed by atoms with Crippen LogP contribution >= 0.6 is 0 Å². The Hall–Kier alpha value is -3.40. The second kappa shape index (κ2) is 7.24. The van der Waals surface area contributed by atoms with Gasteiger partial charge in [-0.1, -0.05) is 36.4 Å². The van der Waals surface area contributed by atoms with Gasteiger partial charge in [0.05, 0.1) is 11.4 Å². The number of amides is 2. The average molecular weight is 314 g/mol. The molecule has 3 rings (SSSR count). The summed E-state index contributed by atoms with van der Waals surface area (Å²) in [6, 6.07) is 17.7. The van der Waals surface area contributed by atoms with Gasteiger partial charge in [-0.05, 0) is 48.6 Å². The topological polar surface area (TPSA) is 58.9 Å². The first-order valence-corrected chi connectivity index (χ1v) is 7.45. The molecule has 0 fully saturated rings. The summed E-state index contributed by atoms with van der Waals surface area (Å²) in [5.74, 6) is -0.610. The van der Waals surface area contributed by atoms with Gasteiger partial charge in [0, 0.05) is 11.1 Å². The highest BCUT2D eigenvalue weighted by atomic mass is 16.1. The number of hydrogen-bond acceptors (Lipinski definition) is 2. The highest BCUT2D eigenvalue weighted by Crippen LogP contribution is 2.06. The lowest BCUT2D eigenvalue weighted by molar-refractivity contribution is 0.0994. The number of aliphatic imine (C=N–C) groups is 2. The van der Waals surface area contributed by atoms with Crippen molar-refractivity contribution >= 4 is 23.2 Å². The molecule has 1 aliphatic carbocycles. The maximum atomic E-state index is 12.0. The number of benzene rings is 2. The molecule has 0 radical (unpaired) electrons. The molecule has 2 amide bonds. The fraction of sp³-hybridized carbons (Fsp3) is 0. The molecule has 1 aliphatic rings. The molecule has 116 valence electrons. The van der Waals surface area contributed by atoms with Gasteiger partial charge in [-0.3, -0.25) is 9.59 Å². The van der Waals surface area contributed by atoms with E-state index in [-0.39, 0.29) is 11.8 Å². The van der Waals surface area contributed by atoms with E-state index in [0.29, 0.717) is 22.6 Å². The van der Waals surface area contributed by atoms with Crippen LogP contribution in [0.25, 0.3) is 0 Å². The molecule has 0 spiro atoms. The van der Waals surface area contributed by atoms with Crippen LogP contribution in [-0.4, -0.2) is 23.2 Å². The van der Waals surface area contributed by atoms with Gasteiger partial charge in [-0.25, -0.2) is 9.98 Å². The summed E-state index contributed by atoms with van der Waals surface area (Å²) in [5, 5.41) is 0. The van der Waals surface area contributed by atoms with E-state index in [0.717, 1.165) is 0 Å². The third kappa shape index (κ3) is 3.87. The minimum atomic E-state index is -0.305. The first kappa shape index (κ1) is 15.5. The van der Waals surface area contributed by atoms with Crippen LogP contribution in [0.2, 0.25) is 0 Å². The third-order valence-electron chi connectivity index (χ3n) is 3.35. The maximum Gasteiger partial charge on any atom is 0.277 e. The molecule has 0 atom stereocenters. The van der Waals surface area contributed by atoms with Crippen LogP contribution < -0.4 is 0 Å². The molecule has 0 saturated heterocycles. The molecule has 2 aromatic carbocycles. The number of allylic oxidation sites excluding steroid dienone is 4. The zero-order valence-electron chi connectivity index (χ0n) is 12.8. The Bertz CT molecular complexity index is 785. The fourth-order valence-corrected chi connectivity index (χ4v) is 2.13. The molecular weight excluding hydrogens is 300 g/mol. The molecule has 0 bridgehead atoms. The van der Waals surface area contributed by atoms with Gasteiger partial charge in [0.25, 0.3) is 11.8 Å². The Morgan fingerprint density at radius 3 is 1.21 bits per heavy atom. The van der Waals surface area contributed by atoms with Crippen LogP contribution in [0, 0.1) is 0 Å². The lowest BCUT2D eigenvalue weighted by Gasteiger charge is -2.02. The van der Waals surface area contributed by atoms with Gasteiger partial charge in [0.1, 0.15) is 0 Å². The number of rotatable bonds is 2. The van der Waals surface area contributed by atoms with E-state index in [1.807, 2.05) is 12.1 Å². The van der Waals surface area contributed by atoms with E-state index in [9.17, 15) is 9.59 Å². The van der Waals surface area contributed by atoms with E-state index >= 15 is 0 Å². The van der Waals surface area contributed by atoms with Crippen molar-refractivity contribution in [1.82, 2.24) is 0 Å². The molecule has 0 N–H and O–H groups in total. The molecule has 0 saturated carbocycles. The molecule has 4 nitrogen and oxygen atoms in total. The summed E-state index contributed by atoms with van der Waals surface area (Å²) < 4.78 is 0. The van der Waals surface area contributed by atoms with Crippen LogP contribution in [0.1, 0.15) is 20.7 Å². The summed E-state index contributed by atoms with van der Waals surface area (Å²) in [6.07, 6.45) is 6.66. The first-order valence-electron chi connectivity index (χ1n) is 7.45. The quantitative estimate of drug-likeness (QED) is 0.794. The number of nitrogens with zero attached hydrogens (tertiary/aromatic N) is 2. The van der Waals surface area contributed by atoms with Crippen molar-refractivity contribution in [3.8, 4) is 0 Å². The summed E-state index contributed by atoms with van der Waals surface area (Å²) in [4.78, 5) is 32.1. The van der Waals surface area contributed by atoms with Gasteiger partial charge < -0.3 is 0 Å². The maximum absolute atomic E-state index is 12.0. The van der Waals surface area contributed by atoms with Crippen LogP contribution in [-0.2, 0) is 0 Å². The molecule has 0 heterocycles. The largest absolute Gasteiger partial charge is 0.277 e. The van der Waals surface area contributed by atoms with Crippen LogP contribution in [0.15, 0.2) is 95.0 Å². The first-order chi connectivity index (χ1) is 11.7. The Labute approximate surface area is 139 Å². The van der Waals surface area contributed by atoms with E-state index in [4.69, 9.17) is 0 Å². The van der Waals surface area contributed by atoms with Crippen molar-refractivity contribution in [3.63, 3.8) is 0 Å². The normalized spacial score (nSPS) is 12.8. The molecule has 0 aliphatic heterocycles. The van der Waals surface area contributed by atoms with Gasteiger partial charge in [0.2, 0.25) is 0 Å². The third-order valence-corrected chi connectivity index (χ3v) is 3.35. The molecule has 2 aromatic rings. The second-order valence-electron chi connectivity index (χ2n) is 5.08. The summed E-state index contributed by atoms with van der Waals surface area (Å²) >= 11 is 0. The lowest BCUT2D eigenvalue weighted by Crippen LogP contribution is -2.06. The minimum absolute atomic E-state index is 0.305. The SMILES string of the molecule is O=C(N=C1C=CC(=NC(=O)c2ccccc2)C=C1)c1ccccc1. The predicted molar refractivity (Wildman–Crippen MR) is 94.7 cm³/mol. The Morgan fingerprint density at radius 1 is 0.542 bits per heavy atom. The molecule has 4 heteroatoms. The number of hydrogen-bond donors (Lipinski definition) is 0. The van der Waals surface area contributed by atoms with E-state index < -0.39 is 0 Å². The van der Waals surface area contributed by atoms with Crippen molar-refractivity contribution < 1.29 is 9.59 Å². The Kier molecular flexibility index (Phi) is 4.68. The zero-order valence-corrected chi connectivity index (χ0v) is 12.8. The van der Waals surface area contributed by atoms with Crippen LogP contribution in [0.3, 0.4) is 0 Å². The average Bonchev–Trinajstić information content (AvgIpc) is 2.65. The monoisotopic (exact) mass is 314 g/mol. The standard InChI is InChI=1S/C20H14N2O2/c23-19(15-7-3-1-4-8-15)21-17-11-13-18(14-12-17)22-20(24)16-9-5-2-6-10-16/h1-14H. The number of carbonyl (C=O) groups excluding carboxylic acids is 2. The van der Waals surface area contributed by atoms with Crippen molar-refractivity contribution in [2.75, 3.05) is 0 Å². The number of carbonyl (C=O) groups is 2. The van der Waals surface area contributed by atoms with Crippen molar-refractivity contribution in [2.24, 2.45) is 9.98 Å². The summed E-state index contributed by atoms with van der Waals surface area (Å²) in [6.45, 7) is 0. The highest BCUT2D eigenvalue weighted by Gasteiger charge is 2.07. The van der Waals surface area contributed by atoms with E-state index in [2.05, 4.69) is 9.98 Å². The molecule has 24 heavy (non-hydrogen) atoms. The molecule has 0 unspecified atom stereocenters. The van der Waals surface area contributed by atoms with Gasteiger partial charge >= 0.3 is 0 Å². The molecule has 0 aromatic heterocycles. The van der Waals surface area contributed by atoms with E-state index in [1.54, 1.807) is 72.8 Å². The smallest absolute Gasteiger partial charge is 0.267 e. The molecular formula is C20H14N2O2. The summed E-state index contributed by atoms with van der Waals surface area (Å²) in [7, 11) is 0. The summed E-state index contributed by atoms with van der Waals surface area (Å²) in [5.41, 5.74) is 2.11. The lowest BCUT2D eigenvalue weighted by atomic mass is 10.1. The van der Waals surface area contributed by atoms with Crippen molar-refractivity contribution in [2.45, 2.75) is 0 Å². The van der Waals surface area contributed by atoms with Crippen LogP contribution in [0.4, 0.5) is 0 Å². The van der Waals surface area contributed by atoms with Crippen LogP contribution in [0.5, 0.6) is 0 Å². The zero-order chi connectivity index (χ0) is 16.8. The minimum Gasteiger partial charge on any atom is -0.267 e. The fourth-order valence-electron chi connectivity index (χ4n) is 2.13. The van der Waals surface area contributed by atoms with Crippen molar-refractivity contribution in [3.05, 3.63) is 96.1 Å². The second-order valence-corrected chi connectivity index (χ2v) is 5.08. The van der Waals surface area contributed by atoms with Gasteiger partial charge in [-0.2, -0.15) is 0 Å². The highest BCUT2D eigenvalue weighted by molar-refractivity contribution is 6.23. The van der Waals surface area contributed by atoms with E-state index in [1.165, 1.54) is 0 Å².